The van der Waals surface area contributed by atoms with Crippen molar-refractivity contribution in [3.05, 3.63) is 52.8 Å². The monoisotopic (exact) mass is 454 g/mol. The van der Waals surface area contributed by atoms with Crippen LogP contribution < -0.4 is 20.8 Å². The number of rotatable bonds is 7. The summed E-state index contributed by atoms with van der Waals surface area (Å²) in [5.74, 6) is 0.919. The van der Waals surface area contributed by atoms with Gasteiger partial charge in [0.1, 0.15) is 0 Å². The number of amides is 1. The molecule has 0 unspecified atom stereocenters. The number of nitrogens with zero attached hydrogens (tertiary/aromatic N) is 3. The average Bonchev–Trinajstić information content (AvgIpc) is 3.13. The Hall–Kier alpha value is -3.30. The van der Waals surface area contributed by atoms with Crippen LogP contribution in [0.3, 0.4) is 0 Å². The van der Waals surface area contributed by atoms with E-state index in [0.717, 1.165) is 24.4 Å². The maximum absolute atomic E-state index is 12.5. The number of methoxy groups -OCH3 is 1. The SMILES string of the molecule is COc1c(Cl)cccc1Nn1c(-c2ccnc(NC[C@@H]3CCO3)n2)cc2c1CCNC2=O. The lowest BCUT2D eigenvalue weighted by atomic mass is 10.1. The number of hydrogen-bond donors (Lipinski definition) is 3. The van der Waals surface area contributed by atoms with Crippen LogP contribution >= 0.6 is 11.6 Å². The lowest BCUT2D eigenvalue weighted by Gasteiger charge is -2.26. The zero-order valence-electron chi connectivity index (χ0n) is 17.5. The van der Waals surface area contributed by atoms with Crippen molar-refractivity contribution in [3.8, 4) is 17.1 Å². The minimum absolute atomic E-state index is 0.111. The van der Waals surface area contributed by atoms with Gasteiger partial charge in [-0.2, -0.15) is 0 Å². The predicted octanol–water partition coefficient (Wildman–Crippen LogP) is 2.97. The molecule has 2 aliphatic heterocycles. The number of nitrogens with one attached hydrogen (secondary N) is 3. The van der Waals surface area contributed by atoms with Crippen molar-refractivity contribution in [2.45, 2.75) is 18.9 Å². The van der Waals surface area contributed by atoms with Crippen molar-refractivity contribution in [2.75, 3.05) is 37.5 Å². The summed E-state index contributed by atoms with van der Waals surface area (Å²) in [6.45, 7) is 2.01. The van der Waals surface area contributed by atoms with Gasteiger partial charge in [0.25, 0.3) is 5.91 Å². The van der Waals surface area contributed by atoms with E-state index in [1.807, 2.05) is 28.9 Å². The largest absolute Gasteiger partial charge is 0.493 e. The normalized spacial score (nSPS) is 17.2. The summed E-state index contributed by atoms with van der Waals surface area (Å²) in [5, 5.41) is 6.62. The Morgan fingerprint density at radius 3 is 3.03 bits per heavy atom. The van der Waals surface area contributed by atoms with E-state index in [4.69, 9.17) is 21.1 Å². The highest BCUT2D eigenvalue weighted by molar-refractivity contribution is 6.32. The highest BCUT2D eigenvalue weighted by atomic mass is 35.5. The van der Waals surface area contributed by atoms with E-state index in [-0.39, 0.29) is 12.0 Å². The standard InChI is InChI=1S/C22H23ClN6O3/c1-31-20-15(23)3-2-4-17(20)28-29-18-6-9-24-21(30)14(18)11-19(29)16-5-8-25-22(27-16)26-12-13-7-10-32-13/h2-5,8,11,13,28H,6-7,9-10,12H2,1H3,(H,24,30)(H,25,26,27)/t13-/m0/s1. The fourth-order valence-electron chi connectivity index (χ4n) is 3.86. The van der Waals surface area contributed by atoms with Gasteiger partial charge < -0.3 is 20.1 Å². The molecule has 5 rings (SSSR count). The summed E-state index contributed by atoms with van der Waals surface area (Å²) in [4.78, 5) is 21.5. The molecule has 0 saturated carbocycles. The summed E-state index contributed by atoms with van der Waals surface area (Å²) in [6, 6.07) is 9.13. The van der Waals surface area contributed by atoms with Gasteiger partial charge in [-0.15, -0.1) is 0 Å². The van der Waals surface area contributed by atoms with Crippen molar-refractivity contribution in [1.29, 1.82) is 0 Å². The van der Waals surface area contributed by atoms with E-state index >= 15 is 0 Å². The number of ether oxygens (including phenoxy) is 2. The number of benzene rings is 1. The second-order valence-corrected chi connectivity index (χ2v) is 8.00. The summed E-state index contributed by atoms with van der Waals surface area (Å²) >= 11 is 6.31. The Kier molecular flexibility index (Phi) is 5.59. The molecular formula is C22H23ClN6O3. The zero-order chi connectivity index (χ0) is 22.1. The molecule has 1 saturated heterocycles. The van der Waals surface area contributed by atoms with Gasteiger partial charge in [0, 0.05) is 32.3 Å². The number of aromatic nitrogens is 3. The quantitative estimate of drug-likeness (QED) is 0.504. The topological polar surface area (TPSA) is 102 Å². The molecule has 0 spiro atoms. The van der Waals surface area contributed by atoms with Crippen LogP contribution in [0, 0.1) is 0 Å². The highest BCUT2D eigenvalue weighted by Crippen LogP contribution is 2.35. The Balaban J connectivity index is 1.54. The molecule has 1 fully saturated rings. The third-order valence-electron chi connectivity index (χ3n) is 5.60. The Bertz CT molecular complexity index is 1160. The van der Waals surface area contributed by atoms with Crippen LogP contribution in [-0.2, 0) is 11.2 Å². The molecular weight excluding hydrogens is 432 g/mol. The zero-order valence-corrected chi connectivity index (χ0v) is 18.3. The van der Waals surface area contributed by atoms with E-state index in [0.29, 0.717) is 53.2 Å². The highest BCUT2D eigenvalue weighted by Gasteiger charge is 2.26. The van der Waals surface area contributed by atoms with Crippen LogP contribution in [0.2, 0.25) is 5.02 Å². The van der Waals surface area contributed by atoms with E-state index < -0.39 is 0 Å². The summed E-state index contributed by atoms with van der Waals surface area (Å²) in [7, 11) is 1.57. The lowest BCUT2D eigenvalue weighted by molar-refractivity contribution is -0.0411. The van der Waals surface area contributed by atoms with Crippen LogP contribution in [0.15, 0.2) is 36.5 Å². The van der Waals surface area contributed by atoms with Gasteiger partial charge in [0.2, 0.25) is 5.95 Å². The molecule has 4 heterocycles. The first kappa shape index (κ1) is 20.6. The number of halogens is 1. The molecule has 1 aromatic carbocycles. The molecule has 0 bridgehead atoms. The predicted molar refractivity (Wildman–Crippen MR) is 121 cm³/mol. The van der Waals surface area contributed by atoms with Crippen LogP contribution in [0.1, 0.15) is 22.5 Å². The van der Waals surface area contributed by atoms with E-state index in [1.165, 1.54) is 0 Å². The number of anilines is 2. The van der Waals surface area contributed by atoms with Crippen LogP contribution in [0.5, 0.6) is 5.75 Å². The smallest absolute Gasteiger partial charge is 0.253 e. The molecule has 1 amide bonds. The van der Waals surface area contributed by atoms with E-state index in [1.54, 1.807) is 19.4 Å². The minimum atomic E-state index is -0.111. The molecule has 0 radical (unpaired) electrons. The second kappa shape index (κ2) is 8.68. The molecule has 3 N–H and O–H groups in total. The van der Waals surface area contributed by atoms with Crippen molar-refractivity contribution in [1.82, 2.24) is 20.0 Å². The van der Waals surface area contributed by atoms with Crippen LogP contribution in [0.25, 0.3) is 11.4 Å². The first-order valence-corrected chi connectivity index (χ1v) is 10.8. The molecule has 32 heavy (non-hydrogen) atoms. The third-order valence-corrected chi connectivity index (χ3v) is 5.89. The van der Waals surface area contributed by atoms with Gasteiger partial charge >= 0.3 is 0 Å². The molecule has 3 aromatic rings. The first-order valence-electron chi connectivity index (χ1n) is 10.5. The van der Waals surface area contributed by atoms with Crippen molar-refractivity contribution >= 4 is 29.1 Å². The summed E-state index contributed by atoms with van der Waals surface area (Å²) in [6.07, 6.45) is 3.59. The maximum atomic E-state index is 12.5. The van der Waals surface area contributed by atoms with Crippen LogP contribution in [0.4, 0.5) is 11.6 Å². The molecule has 10 heteroatoms. The van der Waals surface area contributed by atoms with Gasteiger partial charge in [-0.3, -0.25) is 14.9 Å². The van der Waals surface area contributed by atoms with Crippen molar-refractivity contribution in [2.24, 2.45) is 0 Å². The maximum Gasteiger partial charge on any atom is 0.253 e. The third kappa shape index (κ3) is 3.85. The molecule has 1 atom stereocenters. The lowest BCUT2D eigenvalue weighted by Crippen LogP contribution is -2.33. The number of hydrogen-bond acceptors (Lipinski definition) is 7. The molecule has 2 aliphatic rings. The van der Waals surface area contributed by atoms with Gasteiger partial charge in [-0.1, -0.05) is 17.7 Å². The summed E-state index contributed by atoms with van der Waals surface area (Å²) in [5.41, 5.74) is 6.93. The molecule has 0 aliphatic carbocycles. The van der Waals surface area contributed by atoms with E-state index in [2.05, 4.69) is 26.0 Å². The van der Waals surface area contributed by atoms with Gasteiger partial charge in [-0.05, 0) is 30.7 Å². The Morgan fingerprint density at radius 1 is 1.38 bits per heavy atom. The summed E-state index contributed by atoms with van der Waals surface area (Å²) < 4.78 is 12.8. The van der Waals surface area contributed by atoms with Crippen molar-refractivity contribution < 1.29 is 14.3 Å². The van der Waals surface area contributed by atoms with E-state index in [9.17, 15) is 4.79 Å². The molecule has 166 valence electrons. The minimum Gasteiger partial charge on any atom is -0.493 e. The van der Waals surface area contributed by atoms with Gasteiger partial charge in [-0.25, -0.2) is 9.97 Å². The average molecular weight is 455 g/mol. The van der Waals surface area contributed by atoms with Gasteiger partial charge in [0.05, 0.1) is 46.6 Å². The number of carbonyl (C=O) groups excluding carboxylic acids is 1. The molecule has 9 nitrogen and oxygen atoms in total. The Labute approximate surface area is 190 Å². The first-order chi connectivity index (χ1) is 15.6. The molecule has 2 aromatic heterocycles. The van der Waals surface area contributed by atoms with Crippen LogP contribution in [-0.4, -0.2) is 53.5 Å². The fourth-order valence-corrected chi connectivity index (χ4v) is 4.11. The van der Waals surface area contributed by atoms with Crippen molar-refractivity contribution in [3.63, 3.8) is 0 Å². The number of para-hydroxylation sites is 1. The number of carbonyl (C=O) groups is 1. The number of fused-ring (bicyclic) bond motifs is 1. The Morgan fingerprint density at radius 2 is 2.25 bits per heavy atom. The second-order valence-electron chi connectivity index (χ2n) is 7.59. The fraction of sp³-hybridized carbons (Fsp3) is 0.318. The van der Waals surface area contributed by atoms with Gasteiger partial charge in [0.15, 0.2) is 5.75 Å².